The van der Waals surface area contributed by atoms with Gasteiger partial charge in [-0.3, -0.25) is 19.3 Å². The van der Waals surface area contributed by atoms with E-state index in [1.165, 1.54) is 0 Å². The van der Waals surface area contributed by atoms with Crippen LogP contribution in [0.3, 0.4) is 0 Å². The SMILES string of the molecule is Cc1cc(C(=O)CN2C(=O)C3CC=CCC3C2=O)c(C)n1C. The molecule has 116 valence electrons. The Kier molecular flexibility index (Phi) is 3.51. The largest absolute Gasteiger partial charge is 0.351 e. The quantitative estimate of drug-likeness (QED) is 0.486. The second-order valence-electron chi connectivity index (χ2n) is 6.19. The summed E-state index contributed by atoms with van der Waals surface area (Å²) in [6, 6.07) is 1.82. The molecule has 2 aliphatic rings. The first-order valence-corrected chi connectivity index (χ1v) is 7.58. The molecule has 5 heteroatoms. The van der Waals surface area contributed by atoms with Crippen molar-refractivity contribution in [3.05, 3.63) is 35.2 Å². The fourth-order valence-corrected chi connectivity index (χ4v) is 3.39. The first-order chi connectivity index (χ1) is 10.4. The van der Waals surface area contributed by atoms with Crippen molar-refractivity contribution in [3.63, 3.8) is 0 Å². The number of hydrogen-bond donors (Lipinski definition) is 0. The molecule has 0 saturated carbocycles. The fraction of sp³-hybridized carbons (Fsp3) is 0.471. The van der Waals surface area contributed by atoms with Crippen molar-refractivity contribution in [3.8, 4) is 0 Å². The summed E-state index contributed by atoms with van der Waals surface area (Å²) in [5, 5.41) is 0. The van der Waals surface area contributed by atoms with Crippen LogP contribution >= 0.6 is 0 Å². The zero-order valence-corrected chi connectivity index (χ0v) is 13.1. The van der Waals surface area contributed by atoms with Crippen molar-refractivity contribution in [1.29, 1.82) is 0 Å². The summed E-state index contributed by atoms with van der Waals surface area (Å²) in [7, 11) is 1.90. The maximum absolute atomic E-state index is 12.5. The molecule has 3 rings (SSSR count). The number of hydrogen-bond acceptors (Lipinski definition) is 3. The van der Waals surface area contributed by atoms with Gasteiger partial charge in [0.25, 0.3) is 0 Å². The number of likely N-dealkylation sites (tertiary alicyclic amines) is 1. The van der Waals surface area contributed by atoms with Crippen molar-refractivity contribution in [2.45, 2.75) is 26.7 Å². The van der Waals surface area contributed by atoms with Gasteiger partial charge in [0.1, 0.15) is 0 Å². The van der Waals surface area contributed by atoms with Gasteiger partial charge in [-0.15, -0.1) is 0 Å². The van der Waals surface area contributed by atoms with Crippen molar-refractivity contribution in [2.75, 3.05) is 6.54 Å². The van der Waals surface area contributed by atoms with Crippen LogP contribution in [-0.2, 0) is 16.6 Å². The molecule has 2 unspecified atom stereocenters. The molecular formula is C17H20N2O3. The molecule has 0 spiro atoms. The van der Waals surface area contributed by atoms with Crippen LogP contribution in [0.25, 0.3) is 0 Å². The van der Waals surface area contributed by atoms with E-state index in [0.29, 0.717) is 18.4 Å². The lowest BCUT2D eigenvalue weighted by Gasteiger charge is -2.14. The molecule has 22 heavy (non-hydrogen) atoms. The topological polar surface area (TPSA) is 59.4 Å². The molecular weight excluding hydrogens is 280 g/mol. The van der Waals surface area contributed by atoms with Crippen molar-refractivity contribution in [2.24, 2.45) is 18.9 Å². The Bertz CT molecular complexity index is 673. The Morgan fingerprint density at radius 3 is 2.14 bits per heavy atom. The molecule has 0 radical (unpaired) electrons. The lowest BCUT2D eigenvalue weighted by atomic mass is 9.85. The normalized spacial score (nSPS) is 24.0. The van der Waals surface area contributed by atoms with Crippen LogP contribution in [0.15, 0.2) is 18.2 Å². The van der Waals surface area contributed by atoms with Crippen LogP contribution < -0.4 is 0 Å². The van der Waals surface area contributed by atoms with Crippen LogP contribution in [0.2, 0.25) is 0 Å². The first kappa shape index (κ1) is 14.8. The molecule has 1 aliphatic carbocycles. The Labute approximate surface area is 129 Å². The number of carbonyl (C=O) groups excluding carboxylic acids is 3. The van der Waals surface area contributed by atoms with E-state index in [1.54, 1.807) is 0 Å². The van der Waals surface area contributed by atoms with Gasteiger partial charge < -0.3 is 4.57 Å². The van der Waals surface area contributed by atoms with E-state index < -0.39 is 0 Å². The standard InChI is InChI=1S/C17H20N2O3/c1-10-8-14(11(2)18(10)3)15(20)9-19-16(21)12-6-4-5-7-13(12)17(19)22/h4-5,8,12-13H,6-7,9H2,1-3H3. The summed E-state index contributed by atoms with van der Waals surface area (Å²) < 4.78 is 1.94. The van der Waals surface area contributed by atoms with E-state index in [2.05, 4.69) is 0 Å². The van der Waals surface area contributed by atoms with Crippen LogP contribution in [0, 0.1) is 25.7 Å². The highest BCUT2D eigenvalue weighted by Gasteiger charge is 2.47. The zero-order chi connectivity index (χ0) is 16.0. The average molecular weight is 300 g/mol. The highest BCUT2D eigenvalue weighted by atomic mass is 16.2. The minimum atomic E-state index is -0.274. The van der Waals surface area contributed by atoms with Crippen LogP contribution in [0.1, 0.15) is 34.6 Å². The third-order valence-corrected chi connectivity index (χ3v) is 4.98. The van der Waals surface area contributed by atoms with E-state index in [1.807, 2.05) is 43.7 Å². The summed E-state index contributed by atoms with van der Waals surface area (Å²) in [6.07, 6.45) is 5.09. The van der Waals surface area contributed by atoms with Gasteiger partial charge in [-0.2, -0.15) is 0 Å². The van der Waals surface area contributed by atoms with Gasteiger partial charge in [0.2, 0.25) is 11.8 Å². The van der Waals surface area contributed by atoms with Crippen molar-refractivity contribution in [1.82, 2.24) is 9.47 Å². The molecule has 1 aliphatic heterocycles. The Morgan fingerprint density at radius 2 is 1.68 bits per heavy atom. The van der Waals surface area contributed by atoms with E-state index in [4.69, 9.17) is 0 Å². The van der Waals surface area contributed by atoms with E-state index in [-0.39, 0.29) is 36.0 Å². The summed E-state index contributed by atoms with van der Waals surface area (Å²) in [4.78, 5) is 38.4. The summed E-state index contributed by atoms with van der Waals surface area (Å²) in [5.41, 5.74) is 2.44. The molecule has 0 bridgehead atoms. The highest BCUT2D eigenvalue weighted by Crippen LogP contribution is 2.35. The number of ketones is 1. The number of allylic oxidation sites excluding steroid dienone is 2. The molecule has 1 aromatic heterocycles. The number of amides is 2. The van der Waals surface area contributed by atoms with Crippen molar-refractivity contribution < 1.29 is 14.4 Å². The smallest absolute Gasteiger partial charge is 0.233 e. The highest BCUT2D eigenvalue weighted by molar-refractivity contribution is 6.10. The maximum Gasteiger partial charge on any atom is 0.233 e. The molecule has 2 atom stereocenters. The monoisotopic (exact) mass is 300 g/mol. The molecule has 1 saturated heterocycles. The van der Waals surface area contributed by atoms with Gasteiger partial charge in [0, 0.05) is 24.0 Å². The zero-order valence-electron chi connectivity index (χ0n) is 13.1. The third-order valence-electron chi connectivity index (χ3n) is 4.98. The molecule has 2 amide bonds. The summed E-state index contributed by atoms with van der Waals surface area (Å²) in [6.45, 7) is 3.66. The van der Waals surface area contributed by atoms with Crippen LogP contribution in [0.5, 0.6) is 0 Å². The lowest BCUT2D eigenvalue weighted by Crippen LogP contribution is -2.36. The predicted octanol–water partition coefficient (Wildman–Crippen LogP) is 1.78. The fourth-order valence-electron chi connectivity index (χ4n) is 3.39. The van der Waals surface area contributed by atoms with Crippen LogP contribution in [-0.4, -0.2) is 33.6 Å². The van der Waals surface area contributed by atoms with Gasteiger partial charge in [0.15, 0.2) is 5.78 Å². The van der Waals surface area contributed by atoms with Crippen molar-refractivity contribution >= 4 is 17.6 Å². The number of aryl methyl sites for hydroxylation is 1. The van der Waals surface area contributed by atoms with Crippen LogP contribution in [0.4, 0.5) is 0 Å². The molecule has 1 fully saturated rings. The Balaban J connectivity index is 1.81. The predicted molar refractivity (Wildman–Crippen MR) is 81.3 cm³/mol. The molecule has 5 nitrogen and oxygen atoms in total. The molecule has 0 N–H and O–H groups in total. The summed E-state index contributed by atoms with van der Waals surface area (Å²) >= 11 is 0. The molecule has 2 heterocycles. The van der Waals surface area contributed by atoms with Gasteiger partial charge >= 0.3 is 0 Å². The lowest BCUT2D eigenvalue weighted by molar-refractivity contribution is -0.139. The van der Waals surface area contributed by atoms with Gasteiger partial charge in [-0.25, -0.2) is 0 Å². The van der Waals surface area contributed by atoms with Gasteiger partial charge in [0.05, 0.1) is 18.4 Å². The second kappa shape index (κ2) is 5.23. The number of carbonyl (C=O) groups is 3. The maximum atomic E-state index is 12.5. The second-order valence-corrected chi connectivity index (χ2v) is 6.19. The van der Waals surface area contributed by atoms with Gasteiger partial charge in [-0.05, 0) is 32.8 Å². The molecule has 0 aromatic carbocycles. The number of aromatic nitrogens is 1. The van der Waals surface area contributed by atoms with E-state index in [9.17, 15) is 14.4 Å². The average Bonchev–Trinajstić information content (AvgIpc) is 2.91. The summed E-state index contributed by atoms with van der Waals surface area (Å²) in [5.74, 6) is -1.11. The molecule has 1 aromatic rings. The number of Topliss-reactive ketones (excluding diaryl/α,β-unsaturated/α-hetero) is 1. The van der Waals surface area contributed by atoms with E-state index >= 15 is 0 Å². The Morgan fingerprint density at radius 1 is 1.14 bits per heavy atom. The minimum Gasteiger partial charge on any atom is -0.351 e. The Hall–Kier alpha value is -2.17. The first-order valence-electron chi connectivity index (χ1n) is 7.58. The number of nitrogens with zero attached hydrogens (tertiary/aromatic N) is 2. The van der Waals surface area contributed by atoms with E-state index in [0.717, 1.165) is 16.3 Å². The number of imide groups is 1. The van der Waals surface area contributed by atoms with Gasteiger partial charge in [-0.1, -0.05) is 12.2 Å². The number of fused-ring (bicyclic) bond motifs is 1. The third kappa shape index (κ3) is 2.12. The minimum absolute atomic E-state index is 0.144. The number of rotatable bonds is 3.